The Labute approximate surface area is 131 Å². The molecule has 0 aliphatic heterocycles. The molecular formula is C20H32O. The van der Waals surface area contributed by atoms with Gasteiger partial charge in [0.1, 0.15) is 0 Å². The first-order valence-electron chi connectivity index (χ1n) is 8.14. The largest absolute Gasteiger partial charge is 0.388 e. The molecule has 1 unspecified atom stereocenters. The number of allylic oxidation sites excluding steroid dienone is 6. The highest BCUT2D eigenvalue weighted by atomic mass is 16.3. The lowest BCUT2D eigenvalue weighted by atomic mass is 9.72. The summed E-state index contributed by atoms with van der Waals surface area (Å²) >= 11 is 0. The number of aliphatic hydroxyl groups is 1. The molecule has 0 bridgehead atoms. The predicted octanol–water partition coefficient (Wildman–Crippen LogP) is 5.73. The fraction of sp³-hybridized carbons (Fsp3) is 0.600. The Morgan fingerprint density at radius 2 is 2.00 bits per heavy atom. The fourth-order valence-electron chi connectivity index (χ4n) is 2.97. The summed E-state index contributed by atoms with van der Waals surface area (Å²) in [4.78, 5) is 0. The number of hydrogen-bond donors (Lipinski definition) is 1. The molecule has 0 aromatic heterocycles. The van der Waals surface area contributed by atoms with Crippen LogP contribution in [0.4, 0.5) is 0 Å². The standard InChI is InChI=1S/C20H32O/c1-7-16(3)19(21)13-11-15(2)10-12-18-17(4)9-8-14-20(18,5)6/h7,10-12,19,21H,8-9,13-14H2,1-6H3/b12-10+,15-11+,16-7+. The summed E-state index contributed by atoms with van der Waals surface area (Å²) in [7, 11) is 0. The lowest BCUT2D eigenvalue weighted by molar-refractivity contribution is 0.214. The third-order valence-electron chi connectivity index (χ3n) is 4.70. The Balaban J connectivity index is 2.75. The normalized spacial score (nSPS) is 22.0. The zero-order chi connectivity index (χ0) is 16.0. The molecule has 1 atom stereocenters. The molecule has 1 aliphatic carbocycles. The molecule has 0 radical (unpaired) electrons. The Morgan fingerprint density at radius 1 is 1.33 bits per heavy atom. The highest BCUT2D eigenvalue weighted by Gasteiger charge is 2.26. The van der Waals surface area contributed by atoms with Gasteiger partial charge >= 0.3 is 0 Å². The van der Waals surface area contributed by atoms with Crippen LogP contribution in [-0.2, 0) is 0 Å². The van der Waals surface area contributed by atoms with E-state index in [4.69, 9.17) is 0 Å². The van der Waals surface area contributed by atoms with Crippen molar-refractivity contribution in [3.63, 3.8) is 0 Å². The first kappa shape index (κ1) is 18.0. The topological polar surface area (TPSA) is 20.2 Å². The molecule has 1 rings (SSSR count). The molecule has 0 saturated heterocycles. The molecule has 1 nitrogen and oxygen atoms in total. The number of rotatable bonds is 5. The second-order valence-electron chi connectivity index (χ2n) is 7.00. The van der Waals surface area contributed by atoms with Crippen molar-refractivity contribution in [1.82, 2.24) is 0 Å². The van der Waals surface area contributed by atoms with Gasteiger partial charge in [-0.3, -0.25) is 0 Å². The van der Waals surface area contributed by atoms with E-state index in [9.17, 15) is 5.11 Å². The molecule has 118 valence electrons. The first-order valence-corrected chi connectivity index (χ1v) is 8.14. The SMILES string of the molecule is C/C=C(\C)C(O)C/C=C(C)/C=C/C1=C(C)CCCC1(C)C. The molecular weight excluding hydrogens is 256 g/mol. The Bertz CT molecular complexity index is 472. The predicted molar refractivity (Wildman–Crippen MR) is 93.3 cm³/mol. The van der Waals surface area contributed by atoms with Crippen molar-refractivity contribution in [3.8, 4) is 0 Å². The second-order valence-corrected chi connectivity index (χ2v) is 7.00. The van der Waals surface area contributed by atoms with Gasteiger partial charge in [-0.05, 0) is 69.9 Å². The third kappa shape index (κ3) is 5.32. The van der Waals surface area contributed by atoms with Crippen molar-refractivity contribution in [3.05, 3.63) is 46.6 Å². The summed E-state index contributed by atoms with van der Waals surface area (Å²) in [6.07, 6.45) is 12.7. The van der Waals surface area contributed by atoms with Crippen molar-refractivity contribution < 1.29 is 5.11 Å². The van der Waals surface area contributed by atoms with Gasteiger partial charge in [-0.15, -0.1) is 0 Å². The number of aliphatic hydroxyl groups excluding tert-OH is 1. The minimum Gasteiger partial charge on any atom is -0.388 e. The van der Waals surface area contributed by atoms with Crippen LogP contribution in [-0.4, -0.2) is 11.2 Å². The van der Waals surface area contributed by atoms with Gasteiger partial charge in [0.15, 0.2) is 0 Å². The summed E-state index contributed by atoms with van der Waals surface area (Å²) in [5, 5.41) is 9.96. The quantitative estimate of drug-likeness (QED) is 0.506. The molecule has 21 heavy (non-hydrogen) atoms. The molecule has 0 heterocycles. The van der Waals surface area contributed by atoms with Gasteiger partial charge in [0.2, 0.25) is 0 Å². The van der Waals surface area contributed by atoms with E-state index in [1.165, 1.54) is 36.0 Å². The maximum Gasteiger partial charge on any atom is 0.0781 e. The highest BCUT2D eigenvalue weighted by molar-refractivity contribution is 5.36. The maximum atomic E-state index is 9.96. The van der Waals surface area contributed by atoms with Crippen LogP contribution in [0.15, 0.2) is 46.6 Å². The molecule has 1 heteroatoms. The van der Waals surface area contributed by atoms with Crippen LogP contribution in [0.25, 0.3) is 0 Å². The van der Waals surface area contributed by atoms with E-state index in [1.54, 1.807) is 0 Å². The summed E-state index contributed by atoms with van der Waals surface area (Å²) in [6.45, 7) is 13.0. The smallest absolute Gasteiger partial charge is 0.0781 e. The maximum absolute atomic E-state index is 9.96. The van der Waals surface area contributed by atoms with Gasteiger partial charge in [-0.25, -0.2) is 0 Å². The lowest BCUT2D eigenvalue weighted by Gasteiger charge is -2.32. The second kappa shape index (κ2) is 7.79. The lowest BCUT2D eigenvalue weighted by Crippen LogP contribution is -2.19. The third-order valence-corrected chi connectivity index (χ3v) is 4.70. The van der Waals surface area contributed by atoms with E-state index in [0.29, 0.717) is 11.8 Å². The van der Waals surface area contributed by atoms with Crippen molar-refractivity contribution in [2.75, 3.05) is 0 Å². The molecule has 1 aliphatic rings. The number of hydrogen-bond acceptors (Lipinski definition) is 1. The van der Waals surface area contributed by atoms with Crippen LogP contribution in [0.2, 0.25) is 0 Å². The molecule has 0 aromatic carbocycles. The van der Waals surface area contributed by atoms with E-state index in [1.807, 2.05) is 19.9 Å². The van der Waals surface area contributed by atoms with Gasteiger partial charge in [0.05, 0.1) is 6.10 Å². The summed E-state index contributed by atoms with van der Waals surface area (Å²) in [6, 6.07) is 0. The van der Waals surface area contributed by atoms with Crippen molar-refractivity contribution in [2.45, 2.75) is 73.3 Å². The molecule has 0 saturated carbocycles. The Kier molecular flexibility index (Phi) is 6.67. The van der Waals surface area contributed by atoms with Crippen molar-refractivity contribution in [1.29, 1.82) is 0 Å². The summed E-state index contributed by atoms with van der Waals surface area (Å²) in [5.74, 6) is 0. The minimum absolute atomic E-state index is 0.292. The molecule has 0 fully saturated rings. The van der Waals surface area contributed by atoms with Gasteiger partial charge in [-0.2, -0.15) is 0 Å². The van der Waals surface area contributed by atoms with Gasteiger partial charge in [0.25, 0.3) is 0 Å². The van der Waals surface area contributed by atoms with E-state index in [0.717, 1.165) is 5.57 Å². The highest BCUT2D eigenvalue weighted by Crippen LogP contribution is 2.40. The van der Waals surface area contributed by atoms with Crippen LogP contribution in [0.3, 0.4) is 0 Å². The Morgan fingerprint density at radius 3 is 2.57 bits per heavy atom. The monoisotopic (exact) mass is 288 g/mol. The van der Waals surface area contributed by atoms with Gasteiger partial charge in [0, 0.05) is 0 Å². The van der Waals surface area contributed by atoms with E-state index < -0.39 is 0 Å². The molecule has 0 aromatic rings. The van der Waals surface area contributed by atoms with Crippen LogP contribution in [0.1, 0.15) is 67.2 Å². The fourth-order valence-corrected chi connectivity index (χ4v) is 2.97. The average molecular weight is 288 g/mol. The first-order chi connectivity index (χ1) is 9.77. The van der Waals surface area contributed by atoms with Crippen LogP contribution in [0, 0.1) is 5.41 Å². The van der Waals surface area contributed by atoms with Crippen LogP contribution in [0.5, 0.6) is 0 Å². The van der Waals surface area contributed by atoms with E-state index in [2.05, 4.69) is 45.9 Å². The van der Waals surface area contributed by atoms with Crippen LogP contribution >= 0.6 is 0 Å². The molecule has 1 N–H and O–H groups in total. The summed E-state index contributed by atoms with van der Waals surface area (Å²) in [5.41, 5.74) is 5.57. The van der Waals surface area contributed by atoms with E-state index >= 15 is 0 Å². The summed E-state index contributed by atoms with van der Waals surface area (Å²) < 4.78 is 0. The zero-order valence-electron chi connectivity index (χ0n) is 14.7. The van der Waals surface area contributed by atoms with Gasteiger partial charge in [-0.1, -0.05) is 49.3 Å². The van der Waals surface area contributed by atoms with E-state index in [-0.39, 0.29) is 6.10 Å². The Hall–Kier alpha value is -1.08. The zero-order valence-corrected chi connectivity index (χ0v) is 14.7. The van der Waals surface area contributed by atoms with Crippen molar-refractivity contribution >= 4 is 0 Å². The van der Waals surface area contributed by atoms with Crippen molar-refractivity contribution in [2.24, 2.45) is 5.41 Å². The molecule has 0 amide bonds. The molecule has 0 spiro atoms. The minimum atomic E-state index is -0.356. The average Bonchev–Trinajstić information content (AvgIpc) is 2.42. The van der Waals surface area contributed by atoms with Gasteiger partial charge < -0.3 is 5.11 Å². The van der Waals surface area contributed by atoms with Crippen LogP contribution < -0.4 is 0 Å².